The number of benzene rings is 1. The average molecular weight is 786 g/mol. The van der Waals surface area contributed by atoms with Gasteiger partial charge in [-0.1, -0.05) is 19.9 Å². The van der Waals surface area contributed by atoms with Crippen LogP contribution < -0.4 is 14.8 Å². The number of likely N-dealkylation sites (tertiary alicyclic amines) is 1. The second-order valence-electron chi connectivity index (χ2n) is 16.8. The predicted molar refractivity (Wildman–Crippen MR) is 211 cm³/mol. The number of nitrogens with zero attached hydrogens (tertiary/aromatic N) is 2. The summed E-state index contributed by atoms with van der Waals surface area (Å²) < 4.78 is 34.1. The molecule has 1 aromatic carbocycles. The van der Waals surface area contributed by atoms with E-state index < -0.39 is 23.2 Å². The molecule has 0 aromatic heterocycles. The van der Waals surface area contributed by atoms with E-state index in [0.29, 0.717) is 128 Å². The number of ether oxygens (including phenoxy) is 6. The summed E-state index contributed by atoms with van der Waals surface area (Å²) >= 11 is 0. The topological polar surface area (TPSA) is 145 Å². The highest BCUT2D eigenvalue weighted by Gasteiger charge is 2.73. The van der Waals surface area contributed by atoms with Crippen molar-refractivity contribution >= 4 is 17.7 Å². The van der Waals surface area contributed by atoms with Gasteiger partial charge in [0.1, 0.15) is 5.78 Å². The van der Waals surface area contributed by atoms with Gasteiger partial charge in [0.25, 0.3) is 0 Å². The molecule has 2 heterocycles. The second kappa shape index (κ2) is 20.4. The van der Waals surface area contributed by atoms with Crippen LogP contribution in [-0.4, -0.2) is 142 Å². The Morgan fingerprint density at radius 3 is 2.36 bits per heavy atom. The number of aliphatic hydroxyl groups is 1. The van der Waals surface area contributed by atoms with Gasteiger partial charge in [-0.05, 0) is 94.8 Å². The number of ketones is 2. The minimum Gasteiger partial charge on any atom is -0.477 e. The van der Waals surface area contributed by atoms with Crippen LogP contribution in [0.4, 0.5) is 4.79 Å². The normalized spacial score (nSPS) is 25.0. The van der Waals surface area contributed by atoms with Crippen molar-refractivity contribution in [2.45, 2.75) is 127 Å². The molecule has 314 valence electrons. The quantitative estimate of drug-likeness (QED) is 0.120. The van der Waals surface area contributed by atoms with Crippen molar-refractivity contribution in [1.29, 1.82) is 0 Å². The smallest absolute Gasteiger partial charge is 0.415 e. The number of carbonyl (C=O) groups excluding carboxylic acids is 3. The molecule has 13 nitrogen and oxygen atoms in total. The van der Waals surface area contributed by atoms with Crippen molar-refractivity contribution in [3.63, 3.8) is 0 Å². The van der Waals surface area contributed by atoms with Gasteiger partial charge >= 0.3 is 6.09 Å². The maximum absolute atomic E-state index is 13.9. The lowest BCUT2D eigenvalue weighted by Crippen LogP contribution is -2.76. The summed E-state index contributed by atoms with van der Waals surface area (Å²) in [4.78, 5) is 44.3. The van der Waals surface area contributed by atoms with E-state index in [2.05, 4.69) is 24.1 Å². The first-order valence-electron chi connectivity index (χ1n) is 21.4. The summed E-state index contributed by atoms with van der Waals surface area (Å²) in [6.45, 7) is 11.6. The zero-order chi connectivity index (χ0) is 39.5. The van der Waals surface area contributed by atoms with Gasteiger partial charge < -0.3 is 43.7 Å². The predicted octanol–water partition coefficient (Wildman–Crippen LogP) is 4.61. The second-order valence-corrected chi connectivity index (χ2v) is 16.8. The Balaban J connectivity index is 0.985. The SMILES string of the molecule is COCCOCCOCCOCCCCC(=O)CCCCN(CCCNC(C)C)C(=O)Oc1ccc2c3c1O[C@H]1C(=O)CC[C@@]4(O)[C@@H](C2)N(CC2CC2)CC[C@]314. The van der Waals surface area contributed by atoms with E-state index in [0.717, 1.165) is 50.0 Å². The van der Waals surface area contributed by atoms with Crippen molar-refractivity contribution in [1.82, 2.24) is 15.1 Å². The lowest BCUT2D eigenvalue weighted by molar-refractivity contribution is -0.188. The molecule has 3 aliphatic carbocycles. The van der Waals surface area contributed by atoms with E-state index in [1.54, 1.807) is 12.0 Å². The standard InChI is InChI=1S/C43H67N3O10/c1-31(2)44-18-8-20-45(19-6-4-9-34(47)10-5-7-22-52-25-26-54-28-27-53-24-23-51-3)41(49)55-36-14-13-33-29-37-43(50)16-15-35(48)40-42(43,38(33)39(36)56-40)17-21-46(37)30-32-11-12-32/h13-14,31-32,37,40,44,50H,4-12,15-30H2,1-3H3/t37-,40+,42+,43-/m1/s1. The number of hydrogen-bond donors (Lipinski definition) is 2. The van der Waals surface area contributed by atoms with Crippen LogP contribution in [0, 0.1) is 5.92 Å². The van der Waals surface area contributed by atoms with E-state index >= 15 is 0 Å². The minimum atomic E-state index is -1.07. The van der Waals surface area contributed by atoms with Crippen LogP contribution >= 0.6 is 0 Å². The molecule has 56 heavy (non-hydrogen) atoms. The Bertz CT molecular complexity index is 1470. The first-order valence-corrected chi connectivity index (χ1v) is 21.4. The first kappa shape index (κ1) is 42.9. The molecule has 5 aliphatic rings. The third kappa shape index (κ3) is 10.1. The maximum Gasteiger partial charge on any atom is 0.415 e. The molecule has 1 saturated heterocycles. The van der Waals surface area contributed by atoms with Gasteiger partial charge in [0.15, 0.2) is 23.4 Å². The van der Waals surface area contributed by atoms with Gasteiger partial charge in [-0.25, -0.2) is 4.79 Å². The molecule has 13 heteroatoms. The van der Waals surface area contributed by atoms with Crippen molar-refractivity contribution < 1.29 is 47.9 Å². The van der Waals surface area contributed by atoms with Crippen LogP contribution in [0.2, 0.25) is 0 Å². The number of amides is 1. The lowest BCUT2D eigenvalue weighted by Gasteiger charge is -2.62. The first-order chi connectivity index (χ1) is 27.2. The molecule has 2 N–H and O–H groups in total. The molecular formula is C43H67N3O10. The van der Waals surface area contributed by atoms with E-state index in [4.69, 9.17) is 28.4 Å². The number of methoxy groups -OCH3 is 1. The fourth-order valence-corrected chi connectivity index (χ4v) is 9.41. The zero-order valence-electron chi connectivity index (χ0n) is 34.2. The highest BCUT2D eigenvalue weighted by atomic mass is 16.6. The number of unbranched alkanes of at least 4 members (excludes halogenated alkanes) is 2. The summed E-state index contributed by atoms with van der Waals surface area (Å²) in [6.07, 6.45) is 8.02. The molecule has 0 radical (unpaired) electrons. The van der Waals surface area contributed by atoms with Crippen molar-refractivity contribution in [2.24, 2.45) is 5.92 Å². The lowest BCUT2D eigenvalue weighted by atomic mass is 9.49. The summed E-state index contributed by atoms with van der Waals surface area (Å²) in [6, 6.07) is 4.12. The molecule has 3 fully saturated rings. The molecule has 1 aromatic rings. The Morgan fingerprint density at radius 1 is 0.946 bits per heavy atom. The monoisotopic (exact) mass is 785 g/mol. The molecule has 0 unspecified atom stereocenters. The Kier molecular flexibility index (Phi) is 15.6. The minimum absolute atomic E-state index is 0.0185. The van der Waals surface area contributed by atoms with Crippen molar-refractivity contribution in [3.05, 3.63) is 23.3 Å². The third-order valence-corrected chi connectivity index (χ3v) is 12.5. The Hall–Kier alpha value is -2.65. The molecule has 2 aliphatic heterocycles. The van der Waals surface area contributed by atoms with E-state index in [9.17, 15) is 19.5 Å². The molecule has 1 spiro atoms. The molecule has 2 bridgehead atoms. The highest BCUT2D eigenvalue weighted by Crippen LogP contribution is 2.65. The largest absolute Gasteiger partial charge is 0.477 e. The fraction of sp³-hybridized carbons (Fsp3) is 0.791. The van der Waals surface area contributed by atoms with E-state index in [1.165, 1.54) is 12.8 Å². The van der Waals surface area contributed by atoms with Gasteiger partial charge in [-0.3, -0.25) is 14.5 Å². The summed E-state index contributed by atoms with van der Waals surface area (Å²) in [5, 5.41) is 16.0. The molecular weight excluding hydrogens is 718 g/mol. The van der Waals surface area contributed by atoms with E-state index in [1.807, 2.05) is 12.1 Å². The zero-order valence-corrected chi connectivity index (χ0v) is 34.2. The van der Waals surface area contributed by atoms with Crippen LogP contribution in [0.1, 0.15) is 102 Å². The van der Waals surface area contributed by atoms with Crippen LogP contribution in [-0.2, 0) is 40.4 Å². The number of hydrogen-bond acceptors (Lipinski definition) is 12. The van der Waals surface area contributed by atoms with Crippen LogP contribution in [0.5, 0.6) is 11.5 Å². The van der Waals surface area contributed by atoms with E-state index in [-0.39, 0.29) is 24.0 Å². The number of nitrogens with one attached hydrogen (secondary N) is 1. The number of carbonyl (C=O) groups is 3. The van der Waals surface area contributed by atoms with Gasteiger partial charge in [0, 0.05) is 70.3 Å². The van der Waals surface area contributed by atoms with Crippen molar-refractivity contribution in [2.75, 3.05) is 86.1 Å². The summed E-state index contributed by atoms with van der Waals surface area (Å²) in [5.41, 5.74) is 0.0703. The Morgan fingerprint density at radius 2 is 1.64 bits per heavy atom. The Labute approximate surface area is 333 Å². The number of rotatable bonds is 27. The highest BCUT2D eigenvalue weighted by molar-refractivity contribution is 5.90. The van der Waals surface area contributed by atoms with Gasteiger partial charge in [-0.15, -0.1) is 0 Å². The number of Topliss-reactive ketones (excluding diaryl/α,β-unsaturated/α-hetero) is 2. The molecule has 4 atom stereocenters. The third-order valence-electron chi connectivity index (χ3n) is 12.5. The number of piperidine rings is 1. The van der Waals surface area contributed by atoms with Gasteiger partial charge in [-0.2, -0.15) is 0 Å². The van der Waals surface area contributed by atoms with Crippen LogP contribution in [0.15, 0.2) is 12.1 Å². The summed E-state index contributed by atoms with van der Waals surface area (Å²) in [7, 11) is 1.64. The molecule has 2 saturated carbocycles. The van der Waals surface area contributed by atoms with Gasteiger partial charge in [0.2, 0.25) is 0 Å². The fourth-order valence-electron chi connectivity index (χ4n) is 9.41. The molecule has 6 rings (SSSR count). The van der Waals surface area contributed by atoms with Crippen LogP contribution in [0.25, 0.3) is 0 Å². The average Bonchev–Trinajstić information content (AvgIpc) is 3.92. The maximum atomic E-state index is 13.9. The van der Waals surface area contributed by atoms with Crippen molar-refractivity contribution in [3.8, 4) is 11.5 Å². The van der Waals surface area contributed by atoms with Crippen LogP contribution in [0.3, 0.4) is 0 Å². The van der Waals surface area contributed by atoms with Gasteiger partial charge in [0.05, 0.1) is 50.7 Å². The molecule has 1 amide bonds. The summed E-state index contributed by atoms with van der Waals surface area (Å²) in [5.74, 6) is 1.71.